The lowest BCUT2D eigenvalue weighted by Gasteiger charge is -2.05. The molecule has 0 aromatic carbocycles. The van der Waals surface area contributed by atoms with Crippen molar-refractivity contribution in [2.45, 2.75) is 126 Å². The Morgan fingerprint density at radius 1 is 0.688 bits per heavy atom. The highest BCUT2D eigenvalue weighted by molar-refractivity contribution is 5.80. The van der Waals surface area contributed by atoms with Gasteiger partial charge in [0.2, 0.25) is 11.8 Å². The first-order valence-electron chi connectivity index (χ1n) is 12.7. The van der Waals surface area contributed by atoms with Gasteiger partial charge in [0.1, 0.15) is 11.6 Å². The fourth-order valence-corrected chi connectivity index (χ4v) is 2.51. The lowest BCUT2D eigenvalue weighted by Crippen LogP contribution is -2.24. The molecule has 0 bridgehead atoms. The van der Waals surface area contributed by atoms with Crippen molar-refractivity contribution in [1.29, 1.82) is 0 Å². The van der Waals surface area contributed by atoms with Crippen LogP contribution in [0.15, 0.2) is 0 Å². The summed E-state index contributed by atoms with van der Waals surface area (Å²) in [7, 11) is 0. The molecule has 0 saturated carbocycles. The van der Waals surface area contributed by atoms with Crippen LogP contribution in [0.4, 0.5) is 0 Å². The largest absolute Gasteiger partial charge is 0.356 e. The fraction of sp³-hybridized carbons (Fsp3) is 0.846. The van der Waals surface area contributed by atoms with E-state index in [1.165, 1.54) is 19.3 Å². The maximum absolute atomic E-state index is 11.4. The number of rotatable bonds is 16. The summed E-state index contributed by atoms with van der Waals surface area (Å²) in [6.45, 7) is 15.2. The molecule has 6 heteroatoms. The first kappa shape index (κ1) is 34.9. The van der Waals surface area contributed by atoms with Gasteiger partial charge in [0.25, 0.3) is 0 Å². The molecular formula is C26H56N2O4. The zero-order chi connectivity index (χ0) is 25.2. The molecule has 32 heavy (non-hydrogen) atoms. The van der Waals surface area contributed by atoms with Gasteiger partial charge in [-0.25, -0.2) is 0 Å². The molecule has 0 heterocycles. The number of hydrogen-bond acceptors (Lipinski definition) is 4. The summed E-state index contributed by atoms with van der Waals surface area (Å²) in [5.74, 6) is 0.830. The topological polar surface area (TPSA) is 92.3 Å². The predicted molar refractivity (Wildman–Crippen MR) is 139 cm³/mol. The molecule has 0 aliphatic rings. The summed E-state index contributed by atoms with van der Waals surface area (Å²) < 4.78 is 0. The van der Waals surface area contributed by atoms with Crippen LogP contribution < -0.4 is 10.6 Å². The third kappa shape index (κ3) is 32.9. The highest BCUT2D eigenvalue weighted by Crippen LogP contribution is 2.06. The Kier molecular flexibility index (Phi) is 29.8. The van der Waals surface area contributed by atoms with Crippen LogP contribution in [0.5, 0.6) is 0 Å². The van der Waals surface area contributed by atoms with Crippen LogP contribution in [-0.2, 0) is 19.2 Å². The quantitative estimate of drug-likeness (QED) is 0.266. The molecule has 0 rings (SSSR count). The van der Waals surface area contributed by atoms with E-state index < -0.39 is 0 Å². The Labute approximate surface area is 201 Å². The van der Waals surface area contributed by atoms with Crippen LogP contribution in [0, 0.1) is 5.92 Å². The van der Waals surface area contributed by atoms with Crippen molar-refractivity contribution in [2.24, 2.45) is 5.92 Å². The summed E-state index contributed by atoms with van der Waals surface area (Å²) >= 11 is 0. The van der Waals surface area contributed by atoms with Crippen molar-refractivity contribution in [3.05, 3.63) is 0 Å². The standard InChI is InChI=1S/C14H27NO2.C9H17NO2.C3H8.2H2/c1-4-5-8-11-15-14(17)10-7-6-9-13(16)12(2)3;1-3-10-9(12)7-5-4-6-8(2)11;1-3-2;;/h12H,4-11H2,1-3H3,(H,15,17);3-7H2,1-2H3,(H,10,12);3H2,1-2H3;2*1H. The molecule has 6 nitrogen and oxygen atoms in total. The van der Waals surface area contributed by atoms with Gasteiger partial charge in [-0.05, 0) is 46.0 Å². The van der Waals surface area contributed by atoms with E-state index in [1.54, 1.807) is 6.92 Å². The van der Waals surface area contributed by atoms with Gasteiger partial charge < -0.3 is 15.4 Å². The van der Waals surface area contributed by atoms with Crippen LogP contribution in [0.2, 0.25) is 0 Å². The minimum Gasteiger partial charge on any atom is -0.356 e. The lowest BCUT2D eigenvalue weighted by atomic mass is 10.0. The highest BCUT2D eigenvalue weighted by atomic mass is 16.2. The van der Waals surface area contributed by atoms with E-state index in [0.29, 0.717) is 38.0 Å². The van der Waals surface area contributed by atoms with Crippen molar-refractivity contribution in [1.82, 2.24) is 10.6 Å². The first-order chi connectivity index (χ1) is 15.2. The van der Waals surface area contributed by atoms with Crippen LogP contribution in [0.3, 0.4) is 0 Å². The fourth-order valence-electron chi connectivity index (χ4n) is 2.51. The van der Waals surface area contributed by atoms with Crippen LogP contribution in [0.1, 0.15) is 128 Å². The van der Waals surface area contributed by atoms with Crippen LogP contribution >= 0.6 is 0 Å². The molecule has 0 saturated heterocycles. The van der Waals surface area contributed by atoms with Gasteiger partial charge in [0, 0.05) is 47.5 Å². The Hall–Kier alpha value is -1.72. The zero-order valence-corrected chi connectivity index (χ0v) is 22.1. The van der Waals surface area contributed by atoms with Gasteiger partial charge in [0.15, 0.2) is 0 Å². The lowest BCUT2D eigenvalue weighted by molar-refractivity contribution is -0.123. The number of carbonyl (C=O) groups excluding carboxylic acids is 4. The van der Waals surface area contributed by atoms with Crippen LogP contribution in [-0.4, -0.2) is 36.5 Å². The molecule has 0 aliphatic heterocycles. The maximum Gasteiger partial charge on any atom is 0.219 e. The van der Waals surface area contributed by atoms with Gasteiger partial charge in [-0.1, -0.05) is 53.9 Å². The molecule has 0 spiro atoms. The van der Waals surface area contributed by atoms with Crippen molar-refractivity contribution in [3.63, 3.8) is 0 Å². The summed E-state index contributed by atoms with van der Waals surface area (Å²) in [6.07, 6.45) is 10.2. The number of Topliss-reactive ketones (excluding diaryl/α,β-unsaturated/α-hetero) is 2. The van der Waals surface area contributed by atoms with E-state index in [2.05, 4.69) is 31.4 Å². The van der Waals surface area contributed by atoms with E-state index in [-0.39, 0.29) is 26.4 Å². The second kappa shape index (κ2) is 27.3. The van der Waals surface area contributed by atoms with Gasteiger partial charge in [-0.15, -0.1) is 0 Å². The van der Waals surface area contributed by atoms with Crippen LogP contribution in [0.25, 0.3) is 0 Å². The number of unbranched alkanes of at least 4 members (excludes halogenated alkanes) is 4. The summed E-state index contributed by atoms with van der Waals surface area (Å²) in [6, 6.07) is 0. The predicted octanol–water partition coefficient (Wildman–Crippen LogP) is 6.26. The minimum absolute atomic E-state index is 0. The van der Waals surface area contributed by atoms with E-state index in [1.807, 2.05) is 20.8 Å². The number of hydrogen-bond donors (Lipinski definition) is 2. The average molecular weight is 461 g/mol. The number of amides is 2. The summed E-state index contributed by atoms with van der Waals surface area (Å²) in [4.78, 5) is 44.1. The normalized spacial score (nSPS) is 9.75. The van der Waals surface area contributed by atoms with Crippen molar-refractivity contribution in [3.8, 4) is 0 Å². The second-order valence-electron chi connectivity index (χ2n) is 8.45. The van der Waals surface area contributed by atoms with Gasteiger partial charge in [-0.2, -0.15) is 0 Å². The number of ketones is 2. The Balaban J connectivity index is -0.000000146. The van der Waals surface area contributed by atoms with Gasteiger partial charge >= 0.3 is 0 Å². The van der Waals surface area contributed by atoms with Crippen molar-refractivity contribution >= 4 is 23.4 Å². The monoisotopic (exact) mass is 460 g/mol. The highest BCUT2D eigenvalue weighted by Gasteiger charge is 2.07. The molecule has 0 radical (unpaired) electrons. The van der Waals surface area contributed by atoms with Gasteiger partial charge in [-0.3, -0.25) is 14.4 Å². The smallest absolute Gasteiger partial charge is 0.219 e. The molecule has 0 unspecified atom stereocenters. The molecule has 0 fully saturated rings. The minimum atomic E-state index is 0. The molecule has 0 aromatic rings. The summed E-state index contributed by atoms with van der Waals surface area (Å²) in [5, 5.41) is 5.61. The molecule has 0 atom stereocenters. The maximum atomic E-state index is 11.4. The average Bonchev–Trinajstić information content (AvgIpc) is 2.72. The zero-order valence-electron chi connectivity index (χ0n) is 22.1. The molecule has 194 valence electrons. The second-order valence-corrected chi connectivity index (χ2v) is 8.45. The molecule has 0 aliphatic carbocycles. The third-order valence-corrected chi connectivity index (χ3v) is 4.38. The van der Waals surface area contributed by atoms with Gasteiger partial charge in [0.05, 0.1) is 0 Å². The molecule has 2 N–H and O–H groups in total. The Morgan fingerprint density at radius 2 is 1.16 bits per heavy atom. The molecule has 2 amide bonds. The van der Waals surface area contributed by atoms with E-state index >= 15 is 0 Å². The van der Waals surface area contributed by atoms with Crippen molar-refractivity contribution in [2.75, 3.05) is 13.1 Å². The first-order valence-corrected chi connectivity index (χ1v) is 12.7. The summed E-state index contributed by atoms with van der Waals surface area (Å²) in [5.41, 5.74) is 0. The SMILES string of the molecule is CCC.CCCCCNC(=O)CCCCC(=O)C(C)C.CCNC(=O)CCCCC(C)=O.[HH].[HH]. The Morgan fingerprint density at radius 3 is 1.59 bits per heavy atom. The Bertz CT molecular complexity index is 487. The van der Waals surface area contributed by atoms with E-state index in [0.717, 1.165) is 38.6 Å². The van der Waals surface area contributed by atoms with E-state index in [4.69, 9.17) is 0 Å². The van der Waals surface area contributed by atoms with Crippen molar-refractivity contribution < 1.29 is 22.0 Å². The van der Waals surface area contributed by atoms with E-state index in [9.17, 15) is 19.2 Å². The molecular weight excluding hydrogens is 404 g/mol. The molecule has 0 aromatic heterocycles. The number of nitrogens with one attached hydrogen (secondary N) is 2. The third-order valence-electron chi connectivity index (χ3n) is 4.38. The number of carbonyl (C=O) groups is 4.